The van der Waals surface area contributed by atoms with E-state index in [0.29, 0.717) is 0 Å². The first-order valence-electron chi connectivity index (χ1n) is 1.10. The molecule has 0 amide bonds. The molecule has 0 spiro atoms. The zero-order valence-corrected chi connectivity index (χ0v) is 4.90. The van der Waals surface area contributed by atoms with Gasteiger partial charge in [0.2, 0.25) is 5.12 Å². The summed E-state index contributed by atoms with van der Waals surface area (Å²) in [5.74, 6) is 0. The Morgan fingerprint density at radius 1 is 1.33 bits per heavy atom. The summed E-state index contributed by atoms with van der Waals surface area (Å²) in [5.41, 5.74) is 0. The van der Waals surface area contributed by atoms with Crippen molar-refractivity contribution in [1.29, 1.82) is 0 Å². The van der Waals surface area contributed by atoms with Crippen LogP contribution >= 0.6 is 12.6 Å². The molecule has 0 aliphatic carbocycles. The van der Waals surface area contributed by atoms with E-state index in [-0.39, 0.29) is 54.2 Å². The van der Waals surface area contributed by atoms with Crippen LogP contribution in [0.25, 0.3) is 0 Å². The molecule has 7 N–H and O–H groups in total. The van der Waals surface area contributed by atoms with E-state index >= 15 is 0 Å². The van der Waals surface area contributed by atoms with Gasteiger partial charge in [0.25, 0.3) is 0 Å². The Labute approximate surface area is 87.8 Å². The summed E-state index contributed by atoms with van der Waals surface area (Å²) in [5, 5.41) is 7.22. The SMILES string of the molecule is O.O.O.O=C(S)CO.[CaH2]. The van der Waals surface area contributed by atoms with Crippen LogP contribution in [0.5, 0.6) is 0 Å². The van der Waals surface area contributed by atoms with E-state index in [2.05, 4.69) is 12.6 Å². The third-order valence-electron chi connectivity index (χ3n) is 0.135. The predicted molar refractivity (Wildman–Crippen MR) is 40.5 cm³/mol. The van der Waals surface area contributed by atoms with E-state index in [1.807, 2.05) is 0 Å². The van der Waals surface area contributed by atoms with Crippen LogP contribution in [-0.4, -0.2) is 71.0 Å². The summed E-state index contributed by atoms with van der Waals surface area (Å²) in [4.78, 5) is 9.43. The molecule has 0 aliphatic rings. The molecule has 5 nitrogen and oxygen atoms in total. The number of aliphatic hydroxyl groups is 1. The monoisotopic (exact) mass is 188 g/mol. The Bertz CT molecular complexity index is 50.2. The Kier molecular flexibility index (Phi) is 81.8. The van der Waals surface area contributed by atoms with Crippen molar-refractivity contribution in [3.63, 3.8) is 0 Å². The summed E-state index contributed by atoms with van der Waals surface area (Å²) >= 11 is 3.21. The molecular weight excluding hydrogens is 176 g/mol. The molecular formula is C2H12CaO5S. The molecule has 0 radical (unpaired) electrons. The van der Waals surface area contributed by atoms with Gasteiger partial charge in [-0.15, -0.1) is 12.6 Å². The van der Waals surface area contributed by atoms with Crippen LogP contribution in [0.2, 0.25) is 0 Å². The van der Waals surface area contributed by atoms with Gasteiger partial charge in [-0.3, -0.25) is 4.79 Å². The third kappa shape index (κ3) is 47.5. The van der Waals surface area contributed by atoms with E-state index in [1.54, 1.807) is 0 Å². The van der Waals surface area contributed by atoms with Crippen molar-refractivity contribution >= 4 is 55.5 Å². The Hall–Kier alpha value is 1.12. The molecule has 0 atom stereocenters. The molecule has 58 valence electrons. The van der Waals surface area contributed by atoms with Crippen molar-refractivity contribution in [2.45, 2.75) is 0 Å². The van der Waals surface area contributed by atoms with Gasteiger partial charge in [-0.2, -0.15) is 0 Å². The van der Waals surface area contributed by atoms with Gasteiger partial charge in [-0.1, -0.05) is 0 Å². The number of hydrogen-bond donors (Lipinski definition) is 2. The maximum atomic E-state index is 9.43. The van der Waals surface area contributed by atoms with Gasteiger partial charge in [0, 0.05) is 0 Å². The Balaban J connectivity index is -0.0000000133. The van der Waals surface area contributed by atoms with Crippen LogP contribution < -0.4 is 0 Å². The Morgan fingerprint density at radius 3 is 1.44 bits per heavy atom. The molecule has 0 heterocycles. The zero-order chi connectivity index (χ0) is 4.28. The third-order valence-corrected chi connectivity index (χ3v) is 0.277. The molecule has 0 bridgehead atoms. The van der Waals surface area contributed by atoms with E-state index in [0.717, 1.165) is 0 Å². The quantitative estimate of drug-likeness (QED) is 0.321. The number of carbonyl (C=O) groups excluding carboxylic acids is 1. The molecule has 0 saturated heterocycles. The van der Waals surface area contributed by atoms with Crippen molar-refractivity contribution in [2.24, 2.45) is 0 Å². The molecule has 0 fully saturated rings. The fourth-order valence-corrected chi connectivity index (χ4v) is 0. The first kappa shape index (κ1) is 32.1. The number of rotatable bonds is 1. The van der Waals surface area contributed by atoms with Gasteiger partial charge in [0.1, 0.15) is 6.61 Å². The van der Waals surface area contributed by atoms with Gasteiger partial charge in [-0.05, 0) is 0 Å². The predicted octanol–water partition coefficient (Wildman–Crippen LogP) is -3.96. The average Bonchev–Trinajstić information content (AvgIpc) is 1.38. The van der Waals surface area contributed by atoms with E-state index in [1.165, 1.54) is 0 Å². The number of aliphatic hydroxyl groups excluding tert-OH is 1. The van der Waals surface area contributed by atoms with Crippen LogP contribution in [0.1, 0.15) is 0 Å². The summed E-state index contributed by atoms with van der Waals surface area (Å²) in [7, 11) is 0. The first-order valence-corrected chi connectivity index (χ1v) is 1.54. The van der Waals surface area contributed by atoms with E-state index < -0.39 is 11.7 Å². The van der Waals surface area contributed by atoms with E-state index in [4.69, 9.17) is 5.11 Å². The molecule has 0 aromatic carbocycles. The second kappa shape index (κ2) is 22.9. The first-order chi connectivity index (χ1) is 2.27. The molecule has 0 aromatic rings. The van der Waals surface area contributed by atoms with Crippen molar-refractivity contribution < 1.29 is 26.3 Å². The van der Waals surface area contributed by atoms with Gasteiger partial charge >= 0.3 is 37.7 Å². The minimum atomic E-state index is -0.495. The average molecular weight is 188 g/mol. The van der Waals surface area contributed by atoms with Crippen molar-refractivity contribution in [3.05, 3.63) is 0 Å². The molecule has 0 rings (SSSR count). The molecule has 0 aromatic heterocycles. The zero-order valence-electron chi connectivity index (χ0n) is 4.01. The van der Waals surface area contributed by atoms with Crippen LogP contribution in [0.3, 0.4) is 0 Å². The second-order valence-corrected chi connectivity index (χ2v) is 1.05. The van der Waals surface area contributed by atoms with Crippen LogP contribution in [0.15, 0.2) is 0 Å². The van der Waals surface area contributed by atoms with Crippen molar-refractivity contribution in [3.8, 4) is 0 Å². The fraction of sp³-hybridized carbons (Fsp3) is 0.500. The van der Waals surface area contributed by atoms with Crippen LogP contribution in [0.4, 0.5) is 0 Å². The number of carbonyl (C=O) groups is 1. The Morgan fingerprint density at radius 2 is 1.44 bits per heavy atom. The second-order valence-electron chi connectivity index (χ2n) is 0.552. The number of thiol groups is 1. The molecule has 0 saturated carbocycles. The van der Waals surface area contributed by atoms with Crippen molar-refractivity contribution in [1.82, 2.24) is 0 Å². The van der Waals surface area contributed by atoms with Gasteiger partial charge < -0.3 is 21.5 Å². The topological polar surface area (TPSA) is 132 Å². The molecule has 0 aliphatic heterocycles. The summed E-state index contributed by atoms with van der Waals surface area (Å²) in [6.45, 7) is -0.469. The van der Waals surface area contributed by atoms with Crippen LogP contribution in [-0.2, 0) is 4.79 Å². The fourth-order valence-electron chi connectivity index (χ4n) is 0. The molecule has 7 heteroatoms. The van der Waals surface area contributed by atoms with E-state index in [9.17, 15) is 4.79 Å². The standard InChI is InChI=1S/C2H4O2S.Ca.3H2O.2H/c3-1-2(4)5;;;;;;/h3H,1H2,(H,4,5);;3*1H2;;. The normalized spacial score (nSPS) is 4.22. The van der Waals surface area contributed by atoms with Crippen molar-refractivity contribution in [2.75, 3.05) is 6.61 Å². The maximum absolute atomic E-state index is 9.43. The number of hydrogen-bond acceptors (Lipinski definition) is 2. The summed E-state index contributed by atoms with van der Waals surface area (Å²) in [6.07, 6.45) is 0. The minimum absolute atomic E-state index is 0. The summed E-state index contributed by atoms with van der Waals surface area (Å²) in [6, 6.07) is 0. The van der Waals surface area contributed by atoms with Crippen LogP contribution in [0, 0.1) is 0 Å². The molecule has 0 unspecified atom stereocenters. The summed E-state index contributed by atoms with van der Waals surface area (Å²) < 4.78 is 0. The van der Waals surface area contributed by atoms with Gasteiger partial charge in [-0.25, -0.2) is 0 Å². The van der Waals surface area contributed by atoms with Gasteiger partial charge in [0.15, 0.2) is 0 Å². The van der Waals surface area contributed by atoms with Gasteiger partial charge in [0.05, 0.1) is 0 Å². The molecule has 9 heavy (non-hydrogen) atoms.